The molecule has 5 atom stereocenters. The molecule has 1 heterocycles. The lowest BCUT2D eigenvalue weighted by Gasteiger charge is -2.40. The van der Waals surface area contributed by atoms with E-state index in [9.17, 15) is 20.4 Å². The number of rotatable bonds is 9. The second kappa shape index (κ2) is 10.5. The molecule has 8 heteroatoms. The molecule has 1 aliphatic heterocycles. The van der Waals surface area contributed by atoms with Gasteiger partial charge in [-0.3, -0.25) is 0 Å². The summed E-state index contributed by atoms with van der Waals surface area (Å²) in [5.74, 6) is 0.773. The van der Waals surface area contributed by atoms with Gasteiger partial charge in [0.25, 0.3) is 0 Å². The van der Waals surface area contributed by atoms with Gasteiger partial charge >= 0.3 is 0 Å². The molecule has 2 aromatic rings. The van der Waals surface area contributed by atoms with Gasteiger partial charge in [-0.2, -0.15) is 0 Å². The van der Waals surface area contributed by atoms with Gasteiger partial charge in [0.2, 0.25) is 0 Å². The summed E-state index contributed by atoms with van der Waals surface area (Å²) in [7, 11) is 0. The molecule has 1 saturated heterocycles. The minimum absolute atomic E-state index is 0.421. The Morgan fingerprint density at radius 2 is 1.69 bits per heavy atom. The van der Waals surface area contributed by atoms with Crippen LogP contribution in [-0.4, -0.2) is 70.8 Å². The van der Waals surface area contributed by atoms with Gasteiger partial charge in [0.1, 0.15) is 42.9 Å². The van der Waals surface area contributed by atoms with Crippen LogP contribution in [0.2, 0.25) is 5.02 Å². The van der Waals surface area contributed by atoms with Crippen molar-refractivity contribution in [1.29, 1.82) is 0 Å². The van der Waals surface area contributed by atoms with E-state index in [1.54, 1.807) is 12.1 Å². The highest BCUT2D eigenvalue weighted by Gasteiger charge is 2.44. The maximum Gasteiger partial charge on any atom is 0.119 e. The zero-order valence-corrected chi connectivity index (χ0v) is 18.4. The monoisotopic (exact) mass is 464 g/mol. The SMILES string of the molecule is OCC1O[C@@H](c2ccc(Cl)c(Cc3ccc(OCCOC4CC4)cc3)c2)[C@H](O)C(O)[C@@H]1O. The van der Waals surface area contributed by atoms with Gasteiger partial charge in [-0.1, -0.05) is 35.9 Å². The van der Waals surface area contributed by atoms with Gasteiger partial charge in [0, 0.05) is 5.02 Å². The molecule has 4 rings (SSSR count). The summed E-state index contributed by atoms with van der Waals surface area (Å²) in [6, 6.07) is 13.0. The van der Waals surface area contributed by atoms with Crippen molar-refractivity contribution in [3.63, 3.8) is 0 Å². The third-order valence-electron chi connectivity index (χ3n) is 5.84. The molecule has 4 N–H and O–H groups in total. The van der Waals surface area contributed by atoms with Gasteiger partial charge in [0.15, 0.2) is 0 Å². The maximum atomic E-state index is 10.4. The summed E-state index contributed by atoms with van der Waals surface area (Å²) in [5, 5.41) is 40.5. The average molecular weight is 465 g/mol. The highest BCUT2D eigenvalue weighted by Crippen LogP contribution is 2.34. The Bertz CT molecular complexity index is 884. The van der Waals surface area contributed by atoms with E-state index < -0.39 is 37.1 Å². The third kappa shape index (κ3) is 5.61. The zero-order valence-electron chi connectivity index (χ0n) is 17.6. The summed E-state index contributed by atoms with van der Waals surface area (Å²) in [6.07, 6.45) is -2.73. The average Bonchev–Trinajstić information content (AvgIpc) is 3.63. The summed E-state index contributed by atoms with van der Waals surface area (Å²) in [5.41, 5.74) is 2.46. The van der Waals surface area contributed by atoms with Crippen LogP contribution in [0, 0.1) is 0 Å². The normalized spacial score (nSPS) is 28.0. The molecule has 0 aromatic heterocycles. The largest absolute Gasteiger partial charge is 0.491 e. The Kier molecular flexibility index (Phi) is 7.68. The number of benzene rings is 2. The van der Waals surface area contributed by atoms with E-state index in [0.717, 1.165) is 29.7 Å². The van der Waals surface area contributed by atoms with Crippen LogP contribution in [0.15, 0.2) is 42.5 Å². The van der Waals surface area contributed by atoms with Gasteiger partial charge in [0.05, 0.1) is 19.3 Å². The van der Waals surface area contributed by atoms with E-state index in [1.165, 1.54) is 0 Å². The van der Waals surface area contributed by atoms with Gasteiger partial charge in [-0.05, 0) is 54.2 Å². The fourth-order valence-corrected chi connectivity index (χ4v) is 4.00. The van der Waals surface area contributed by atoms with Gasteiger partial charge in [-0.15, -0.1) is 0 Å². The van der Waals surface area contributed by atoms with Crippen LogP contribution in [0.25, 0.3) is 0 Å². The van der Waals surface area contributed by atoms with Crippen LogP contribution in [0.5, 0.6) is 5.75 Å². The molecule has 7 nitrogen and oxygen atoms in total. The molecule has 0 radical (unpaired) electrons. The molecular formula is C24H29ClO7. The van der Waals surface area contributed by atoms with Crippen molar-refractivity contribution in [3.05, 3.63) is 64.2 Å². The molecule has 2 aliphatic rings. The predicted molar refractivity (Wildman–Crippen MR) is 118 cm³/mol. The van der Waals surface area contributed by atoms with Crippen LogP contribution in [0.3, 0.4) is 0 Å². The molecule has 0 amide bonds. The topological polar surface area (TPSA) is 109 Å². The summed E-state index contributed by atoms with van der Waals surface area (Å²) in [4.78, 5) is 0. The van der Waals surface area contributed by atoms with E-state index in [2.05, 4.69) is 0 Å². The van der Waals surface area contributed by atoms with Crippen molar-refractivity contribution < 1.29 is 34.6 Å². The molecule has 1 aliphatic carbocycles. The van der Waals surface area contributed by atoms with Crippen LogP contribution in [0.1, 0.15) is 35.6 Å². The lowest BCUT2D eigenvalue weighted by molar-refractivity contribution is -0.231. The number of aliphatic hydroxyl groups is 4. The Morgan fingerprint density at radius 3 is 2.38 bits per heavy atom. The number of hydrogen-bond donors (Lipinski definition) is 4. The van der Waals surface area contributed by atoms with Crippen LogP contribution >= 0.6 is 11.6 Å². The van der Waals surface area contributed by atoms with Gasteiger partial charge < -0.3 is 34.6 Å². The van der Waals surface area contributed by atoms with Crippen molar-refractivity contribution in [2.75, 3.05) is 19.8 Å². The van der Waals surface area contributed by atoms with Crippen molar-refractivity contribution in [2.24, 2.45) is 0 Å². The van der Waals surface area contributed by atoms with Crippen LogP contribution < -0.4 is 4.74 Å². The van der Waals surface area contributed by atoms with Crippen molar-refractivity contribution in [1.82, 2.24) is 0 Å². The smallest absolute Gasteiger partial charge is 0.119 e. The molecule has 2 fully saturated rings. The Labute approximate surface area is 192 Å². The first-order valence-electron chi connectivity index (χ1n) is 10.9. The molecule has 0 bridgehead atoms. The first kappa shape index (κ1) is 23.4. The summed E-state index contributed by atoms with van der Waals surface area (Å²) < 4.78 is 16.9. The van der Waals surface area contributed by atoms with Crippen molar-refractivity contribution in [3.8, 4) is 5.75 Å². The summed E-state index contributed by atoms with van der Waals surface area (Å²) in [6.45, 7) is 0.638. The first-order chi connectivity index (χ1) is 15.5. The first-order valence-corrected chi connectivity index (χ1v) is 11.3. The van der Waals surface area contributed by atoms with E-state index in [-0.39, 0.29) is 0 Å². The minimum atomic E-state index is -1.42. The van der Waals surface area contributed by atoms with Crippen molar-refractivity contribution in [2.45, 2.75) is 55.9 Å². The standard InChI is InChI=1S/C24H29ClO7/c25-19-8-3-15(24-23(29)22(28)21(27)20(13-26)32-24)12-16(19)11-14-1-4-17(5-2-14)30-9-10-31-18-6-7-18/h1-5,8,12,18,20-24,26-29H,6-7,9-11,13H2/t20?,21-,22?,23-,24+/m1/s1. The second-order valence-electron chi connectivity index (χ2n) is 8.34. The Morgan fingerprint density at radius 1 is 0.938 bits per heavy atom. The zero-order chi connectivity index (χ0) is 22.7. The number of aliphatic hydroxyl groups excluding tert-OH is 4. The lowest BCUT2D eigenvalue weighted by Crippen LogP contribution is -2.55. The minimum Gasteiger partial charge on any atom is -0.491 e. The summed E-state index contributed by atoms with van der Waals surface area (Å²) >= 11 is 6.40. The molecule has 0 spiro atoms. The number of halogens is 1. The molecule has 2 aromatic carbocycles. The highest BCUT2D eigenvalue weighted by molar-refractivity contribution is 6.31. The van der Waals surface area contributed by atoms with E-state index in [1.807, 2.05) is 30.3 Å². The highest BCUT2D eigenvalue weighted by atomic mass is 35.5. The van der Waals surface area contributed by atoms with Crippen LogP contribution in [0.4, 0.5) is 0 Å². The fraction of sp³-hybridized carbons (Fsp3) is 0.500. The van der Waals surface area contributed by atoms with E-state index >= 15 is 0 Å². The van der Waals surface area contributed by atoms with E-state index in [4.69, 9.17) is 25.8 Å². The Balaban J connectivity index is 1.41. The fourth-order valence-electron chi connectivity index (χ4n) is 3.82. The molecule has 1 saturated carbocycles. The number of ether oxygens (including phenoxy) is 3. The molecular weight excluding hydrogens is 436 g/mol. The van der Waals surface area contributed by atoms with Crippen LogP contribution in [-0.2, 0) is 15.9 Å². The lowest BCUT2D eigenvalue weighted by atomic mass is 9.90. The quantitative estimate of drug-likeness (QED) is 0.420. The van der Waals surface area contributed by atoms with Gasteiger partial charge in [-0.25, -0.2) is 0 Å². The predicted octanol–water partition coefficient (Wildman–Crippen LogP) is 2.00. The Hall–Kier alpha value is -1.71. The number of hydrogen-bond acceptors (Lipinski definition) is 7. The molecule has 32 heavy (non-hydrogen) atoms. The molecule has 2 unspecified atom stereocenters. The van der Waals surface area contributed by atoms with E-state index in [0.29, 0.717) is 36.3 Å². The molecule has 174 valence electrons. The van der Waals surface area contributed by atoms with Crippen molar-refractivity contribution >= 4 is 11.6 Å². The maximum absolute atomic E-state index is 10.4. The second-order valence-corrected chi connectivity index (χ2v) is 8.75. The third-order valence-corrected chi connectivity index (χ3v) is 6.21.